The normalized spacial score (nSPS) is 10.6. The van der Waals surface area contributed by atoms with Crippen LogP contribution in [0.3, 0.4) is 0 Å². The predicted octanol–water partition coefficient (Wildman–Crippen LogP) is 4.00. The molecule has 0 saturated heterocycles. The van der Waals surface area contributed by atoms with E-state index in [1.54, 1.807) is 0 Å². The second-order valence-corrected chi connectivity index (χ2v) is 6.01. The minimum absolute atomic E-state index is 0.0762. The quantitative estimate of drug-likeness (QED) is 0.806. The predicted molar refractivity (Wildman–Crippen MR) is 93.3 cm³/mol. The van der Waals surface area contributed by atoms with E-state index < -0.39 is 11.9 Å². The van der Waals surface area contributed by atoms with Crippen molar-refractivity contribution < 1.29 is 19.8 Å². The fourth-order valence-corrected chi connectivity index (χ4v) is 3.07. The van der Waals surface area contributed by atoms with Crippen LogP contribution in [0.15, 0.2) is 36.4 Å². The van der Waals surface area contributed by atoms with E-state index >= 15 is 0 Å². The van der Waals surface area contributed by atoms with E-state index in [1.807, 2.05) is 50.2 Å². The van der Waals surface area contributed by atoms with Crippen LogP contribution in [-0.4, -0.2) is 22.2 Å². The summed E-state index contributed by atoms with van der Waals surface area (Å²) in [5, 5.41) is 18.0. The van der Waals surface area contributed by atoms with E-state index in [0.29, 0.717) is 12.8 Å². The number of carbonyl (C=O) groups is 2. The monoisotopic (exact) mass is 326 g/mol. The van der Waals surface area contributed by atoms with Crippen LogP contribution in [0.1, 0.15) is 35.1 Å². The first-order valence-corrected chi connectivity index (χ1v) is 8.01. The second kappa shape index (κ2) is 7.77. The van der Waals surface area contributed by atoms with E-state index in [2.05, 4.69) is 0 Å². The van der Waals surface area contributed by atoms with E-state index in [1.165, 1.54) is 0 Å². The van der Waals surface area contributed by atoms with Crippen LogP contribution in [0.2, 0.25) is 0 Å². The smallest absolute Gasteiger partial charge is 0.303 e. The summed E-state index contributed by atoms with van der Waals surface area (Å²) in [6.45, 7) is 4.01. The summed E-state index contributed by atoms with van der Waals surface area (Å²) in [7, 11) is 0. The van der Waals surface area contributed by atoms with Gasteiger partial charge in [-0.25, -0.2) is 0 Å². The molecule has 0 fully saturated rings. The number of aliphatic carboxylic acids is 2. The summed E-state index contributed by atoms with van der Waals surface area (Å²) in [5.41, 5.74) is 6.20. The lowest BCUT2D eigenvalue weighted by molar-refractivity contribution is -0.138. The largest absolute Gasteiger partial charge is 0.481 e. The van der Waals surface area contributed by atoms with Gasteiger partial charge in [0.1, 0.15) is 0 Å². The highest BCUT2D eigenvalue weighted by atomic mass is 16.4. The number of benzene rings is 2. The number of rotatable bonds is 7. The third-order valence-corrected chi connectivity index (χ3v) is 4.18. The van der Waals surface area contributed by atoms with Gasteiger partial charge >= 0.3 is 11.9 Å². The molecule has 0 amide bonds. The van der Waals surface area contributed by atoms with Crippen molar-refractivity contribution in [3.63, 3.8) is 0 Å². The zero-order valence-electron chi connectivity index (χ0n) is 14.0. The summed E-state index contributed by atoms with van der Waals surface area (Å²) in [5.74, 6) is -1.64. The first-order chi connectivity index (χ1) is 11.4. The Morgan fingerprint density at radius 1 is 0.750 bits per heavy atom. The molecule has 126 valence electrons. The number of carboxylic acid groups (broad SMARTS) is 2. The third-order valence-electron chi connectivity index (χ3n) is 4.18. The Balaban J connectivity index is 2.54. The van der Waals surface area contributed by atoms with Gasteiger partial charge in [0.15, 0.2) is 0 Å². The van der Waals surface area contributed by atoms with Crippen LogP contribution in [0.4, 0.5) is 0 Å². The number of hydrogen-bond donors (Lipinski definition) is 2. The maximum absolute atomic E-state index is 11.0. The van der Waals surface area contributed by atoms with Gasteiger partial charge in [-0.05, 0) is 60.1 Å². The highest BCUT2D eigenvalue weighted by molar-refractivity contribution is 5.78. The lowest BCUT2D eigenvalue weighted by atomic mass is 9.86. The van der Waals surface area contributed by atoms with Gasteiger partial charge in [0, 0.05) is 12.8 Å². The Labute approximate surface area is 141 Å². The minimum Gasteiger partial charge on any atom is -0.481 e. The van der Waals surface area contributed by atoms with Gasteiger partial charge in [-0.1, -0.05) is 36.4 Å². The Bertz CT molecular complexity index is 697. The van der Waals surface area contributed by atoms with Crippen molar-refractivity contribution in [2.75, 3.05) is 0 Å². The molecular weight excluding hydrogens is 304 g/mol. The summed E-state index contributed by atoms with van der Waals surface area (Å²) < 4.78 is 0. The zero-order valence-corrected chi connectivity index (χ0v) is 14.0. The molecule has 0 aliphatic rings. The molecule has 2 rings (SSSR count). The molecule has 2 aromatic rings. The highest BCUT2D eigenvalue weighted by Crippen LogP contribution is 2.34. The van der Waals surface area contributed by atoms with Crippen LogP contribution < -0.4 is 0 Å². The van der Waals surface area contributed by atoms with Crippen LogP contribution >= 0.6 is 0 Å². The summed E-state index contributed by atoms with van der Waals surface area (Å²) in [4.78, 5) is 21.9. The molecular formula is C20H22O4. The Morgan fingerprint density at radius 2 is 1.12 bits per heavy atom. The summed E-state index contributed by atoms with van der Waals surface area (Å²) in [6, 6.07) is 11.8. The minimum atomic E-state index is -0.821. The van der Waals surface area contributed by atoms with Gasteiger partial charge in [-0.15, -0.1) is 0 Å². The van der Waals surface area contributed by atoms with Crippen molar-refractivity contribution in [3.05, 3.63) is 58.7 Å². The third kappa shape index (κ3) is 4.22. The van der Waals surface area contributed by atoms with Gasteiger partial charge in [-0.2, -0.15) is 0 Å². The number of carboxylic acids is 2. The lowest BCUT2D eigenvalue weighted by Crippen LogP contribution is -2.04. The molecule has 0 unspecified atom stereocenters. The summed E-state index contributed by atoms with van der Waals surface area (Å²) >= 11 is 0. The Kier molecular flexibility index (Phi) is 5.74. The van der Waals surface area contributed by atoms with Crippen molar-refractivity contribution in [3.8, 4) is 11.1 Å². The van der Waals surface area contributed by atoms with Crippen molar-refractivity contribution in [2.45, 2.75) is 39.5 Å². The van der Waals surface area contributed by atoms with E-state index in [9.17, 15) is 9.59 Å². The molecule has 4 nitrogen and oxygen atoms in total. The maximum Gasteiger partial charge on any atom is 0.303 e. The van der Waals surface area contributed by atoms with Gasteiger partial charge < -0.3 is 10.2 Å². The van der Waals surface area contributed by atoms with Crippen LogP contribution in [0.5, 0.6) is 0 Å². The molecule has 0 spiro atoms. The Morgan fingerprint density at radius 3 is 1.46 bits per heavy atom. The molecule has 2 N–H and O–H groups in total. The molecule has 2 aromatic carbocycles. The molecule has 0 saturated carbocycles. The summed E-state index contributed by atoms with van der Waals surface area (Å²) in [6.07, 6.45) is 1.07. The zero-order chi connectivity index (χ0) is 17.7. The molecule has 0 radical (unpaired) electrons. The van der Waals surface area contributed by atoms with Gasteiger partial charge in [0.2, 0.25) is 0 Å². The van der Waals surface area contributed by atoms with Crippen molar-refractivity contribution >= 4 is 11.9 Å². The standard InChI is InChI=1S/C20H22O4/c1-13-5-3-7-15(9-11-17(21)22)19(13)20-14(2)6-4-8-16(20)10-12-18(23)24/h3-8H,9-12H2,1-2H3,(H,21,22)(H,23,24). The first kappa shape index (κ1) is 17.7. The second-order valence-electron chi connectivity index (χ2n) is 6.01. The van der Waals surface area contributed by atoms with Crippen molar-refractivity contribution in [1.29, 1.82) is 0 Å². The van der Waals surface area contributed by atoms with Crippen molar-refractivity contribution in [1.82, 2.24) is 0 Å². The van der Waals surface area contributed by atoms with Crippen LogP contribution in [0, 0.1) is 13.8 Å². The van der Waals surface area contributed by atoms with Gasteiger partial charge in [0.25, 0.3) is 0 Å². The lowest BCUT2D eigenvalue weighted by Gasteiger charge is -2.18. The van der Waals surface area contributed by atoms with Crippen LogP contribution in [-0.2, 0) is 22.4 Å². The highest BCUT2D eigenvalue weighted by Gasteiger charge is 2.16. The molecule has 24 heavy (non-hydrogen) atoms. The SMILES string of the molecule is Cc1cccc(CCC(=O)O)c1-c1c(C)cccc1CCC(=O)O. The van der Waals surface area contributed by atoms with E-state index in [0.717, 1.165) is 33.4 Å². The fraction of sp³-hybridized carbons (Fsp3) is 0.300. The van der Waals surface area contributed by atoms with E-state index in [4.69, 9.17) is 10.2 Å². The average Bonchev–Trinajstić information content (AvgIpc) is 2.51. The molecule has 0 atom stereocenters. The molecule has 0 aromatic heterocycles. The maximum atomic E-state index is 11.0. The molecule has 0 bridgehead atoms. The topological polar surface area (TPSA) is 74.6 Å². The van der Waals surface area contributed by atoms with Gasteiger partial charge in [-0.3, -0.25) is 9.59 Å². The molecule has 0 heterocycles. The molecule has 0 aliphatic carbocycles. The Hall–Kier alpha value is -2.62. The molecule has 0 aliphatic heterocycles. The fourth-order valence-electron chi connectivity index (χ4n) is 3.07. The molecule has 4 heteroatoms. The van der Waals surface area contributed by atoms with Gasteiger partial charge in [0.05, 0.1) is 0 Å². The number of aryl methyl sites for hydroxylation is 4. The van der Waals surface area contributed by atoms with Crippen LogP contribution in [0.25, 0.3) is 11.1 Å². The average molecular weight is 326 g/mol. The first-order valence-electron chi connectivity index (χ1n) is 8.01. The van der Waals surface area contributed by atoms with E-state index in [-0.39, 0.29) is 12.8 Å². The number of hydrogen-bond acceptors (Lipinski definition) is 2. The van der Waals surface area contributed by atoms with Crippen molar-refractivity contribution in [2.24, 2.45) is 0 Å².